The molecule has 0 aliphatic heterocycles. The monoisotopic (exact) mass is 287 g/mol. The molecule has 5 N–H and O–H groups in total. The van der Waals surface area contributed by atoms with E-state index in [-0.39, 0.29) is 19.6 Å². The molecule has 0 fully saturated rings. The highest BCUT2D eigenvalue weighted by molar-refractivity contribution is 7.86. The van der Waals surface area contributed by atoms with Crippen molar-refractivity contribution >= 4 is 10.1 Å². The van der Waals surface area contributed by atoms with Crippen LogP contribution in [-0.2, 0) is 10.1 Å². The summed E-state index contributed by atoms with van der Waals surface area (Å²) in [4.78, 5) is 1.07. The Balaban J connectivity index is 5.31. The Kier molecular flexibility index (Phi) is 7.22. The first-order valence-electron chi connectivity index (χ1n) is 5.45. The molecule has 8 nitrogen and oxygen atoms in total. The van der Waals surface area contributed by atoms with E-state index in [2.05, 4.69) is 0 Å². The molecule has 0 aliphatic carbocycles. The van der Waals surface area contributed by atoms with Gasteiger partial charge in [0.15, 0.2) is 0 Å². The quantitative estimate of drug-likeness (QED) is 0.296. The maximum Gasteiger partial charge on any atom is 0.281 e. The van der Waals surface area contributed by atoms with E-state index in [1.165, 1.54) is 6.92 Å². The maximum absolute atomic E-state index is 11.1. The standard InChI is InChI=1S/C9H21NO7S/c1-8(18(15,16)17)10(3-2-4-11)9(5-12,6-13)7-14/h8,11-14H,2-7H2,1H3,(H,15,16,17). The van der Waals surface area contributed by atoms with Crippen molar-refractivity contribution in [3.05, 3.63) is 0 Å². The van der Waals surface area contributed by atoms with Crippen molar-refractivity contribution in [2.24, 2.45) is 0 Å². The van der Waals surface area contributed by atoms with Crippen LogP contribution in [0.25, 0.3) is 0 Å². The van der Waals surface area contributed by atoms with Crippen LogP contribution in [0.3, 0.4) is 0 Å². The van der Waals surface area contributed by atoms with E-state index < -0.39 is 40.9 Å². The first-order valence-corrected chi connectivity index (χ1v) is 6.96. The molecule has 0 rings (SSSR count). The van der Waals surface area contributed by atoms with Crippen molar-refractivity contribution < 1.29 is 33.4 Å². The number of rotatable bonds is 9. The van der Waals surface area contributed by atoms with E-state index in [0.717, 1.165) is 4.90 Å². The van der Waals surface area contributed by atoms with Crippen LogP contribution in [0.1, 0.15) is 13.3 Å². The van der Waals surface area contributed by atoms with Crippen molar-refractivity contribution in [1.82, 2.24) is 4.90 Å². The van der Waals surface area contributed by atoms with Crippen LogP contribution < -0.4 is 0 Å². The Morgan fingerprint density at radius 3 is 1.83 bits per heavy atom. The second-order valence-corrected chi connectivity index (χ2v) is 5.80. The summed E-state index contributed by atoms with van der Waals surface area (Å²) in [6, 6.07) is 0. The van der Waals surface area contributed by atoms with Gasteiger partial charge in [-0.15, -0.1) is 0 Å². The predicted molar refractivity (Wildman–Crippen MR) is 63.4 cm³/mol. The van der Waals surface area contributed by atoms with Gasteiger partial charge in [-0.2, -0.15) is 8.42 Å². The van der Waals surface area contributed by atoms with Crippen LogP contribution >= 0.6 is 0 Å². The average molecular weight is 287 g/mol. The smallest absolute Gasteiger partial charge is 0.281 e. The molecule has 0 heterocycles. The van der Waals surface area contributed by atoms with Gasteiger partial charge in [-0.3, -0.25) is 9.45 Å². The normalized spacial score (nSPS) is 15.1. The fourth-order valence-corrected chi connectivity index (χ4v) is 2.28. The minimum absolute atomic E-state index is 0.0147. The minimum atomic E-state index is -4.43. The second kappa shape index (κ2) is 7.34. The van der Waals surface area contributed by atoms with Gasteiger partial charge in [0.25, 0.3) is 10.1 Å². The summed E-state index contributed by atoms with van der Waals surface area (Å²) in [6.45, 7) is -1.14. The fourth-order valence-electron chi connectivity index (χ4n) is 1.63. The predicted octanol–water partition coefficient (Wildman–Crippen LogP) is -2.38. The van der Waals surface area contributed by atoms with Gasteiger partial charge in [0.1, 0.15) is 5.37 Å². The van der Waals surface area contributed by atoms with E-state index in [1.807, 2.05) is 0 Å². The summed E-state index contributed by atoms with van der Waals surface area (Å²) >= 11 is 0. The van der Waals surface area contributed by atoms with Gasteiger partial charge in [0.05, 0.1) is 25.4 Å². The van der Waals surface area contributed by atoms with Crippen LogP contribution in [-0.4, -0.2) is 82.2 Å². The van der Waals surface area contributed by atoms with Crippen LogP contribution in [0, 0.1) is 0 Å². The third-order valence-electron chi connectivity index (χ3n) is 2.92. The van der Waals surface area contributed by atoms with Crippen LogP contribution in [0.4, 0.5) is 0 Å². The summed E-state index contributed by atoms with van der Waals surface area (Å²) in [5.41, 5.74) is -1.58. The summed E-state index contributed by atoms with van der Waals surface area (Å²) in [6.07, 6.45) is 0.168. The van der Waals surface area contributed by atoms with Gasteiger partial charge in [0.2, 0.25) is 0 Å². The van der Waals surface area contributed by atoms with Crippen molar-refractivity contribution in [2.75, 3.05) is 33.0 Å². The van der Waals surface area contributed by atoms with Crippen molar-refractivity contribution in [3.8, 4) is 0 Å². The molecule has 0 radical (unpaired) electrons. The van der Waals surface area contributed by atoms with E-state index in [1.54, 1.807) is 0 Å². The zero-order valence-corrected chi connectivity index (χ0v) is 11.0. The number of aliphatic hydroxyl groups excluding tert-OH is 4. The largest absolute Gasteiger partial charge is 0.396 e. The molecule has 18 heavy (non-hydrogen) atoms. The molecule has 0 bridgehead atoms. The Morgan fingerprint density at radius 1 is 1.11 bits per heavy atom. The number of hydrogen-bond donors (Lipinski definition) is 5. The molecule has 0 saturated carbocycles. The lowest BCUT2D eigenvalue weighted by Crippen LogP contribution is -2.62. The molecule has 0 amide bonds. The molecule has 0 aliphatic rings. The average Bonchev–Trinajstić information content (AvgIpc) is 2.33. The topological polar surface area (TPSA) is 139 Å². The Hall–Kier alpha value is -0.290. The summed E-state index contributed by atoms with van der Waals surface area (Å²) in [5.74, 6) is 0. The highest BCUT2D eigenvalue weighted by Crippen LogP contribution is 2.21. The summed E-state index contributed by atoms with van der Waals surface area (Å²) in [7, 11) is -4.43. The Bertz CT molecular complexity index is 320. The van der Waals surface area contributed by atoms with E-state index in [0.29, 0.717) is 0 Å². The zero-order chi connectivity index (χ0) is 14.4. The molecule has 110 valence electrons. The molecular formula is C9H21NO7S. The van der Waals surface area contributed by atoms with E-state index in [9.17, 15) is 23.7 Å². The first-order chi connectivity index (χ1) is 8.29. The fraction of sp³-hybridized carbons (Fsp3) is 1.00. The van der Waals surface area contributed by atoms with Crippen molar-refractivity contribution in [3.63, 3.8) is 0 Å². The lowest BCUT2D eigenvalue weighted by Gasteiger charge is -2.42. The lowest BCUT2D eigenvalue weighted by atomic mass is 10.00. The molecule has 1 unspecified atom stereocenters. The summed E-state index contributed by atoms with van der Waals surface area (Å²) < 4.78 is 31.3. The van der Waals surface area contributed by atoms with Gasteiger partial charge in [-0.05, 0) is 13.3 Å². The minimum Gasteiger partial charge on any atom is -0.396 e. The van der Waals surface area contributed by atoms with Crippen molar-refractivity contribution in [1.29, 1.82) is 0 Å². The van der Waals surface area contributed by atoms with Gasteiger partial charge in [-0.1, -0.05) is 0 Å². The third kappa shape index (κ3) is 4.12. The van der Waals surface area contributed by atoms with Gasteiger partial charge >= 0.3 is 0 Å². The van der Waals surface area contributed by atoms with Gasteiger partial charge in [0, 0.05) is 13.2 Å². The van der Waals surface area contributed by atoms with Gasteiger partial charge < -0.3 is 20.4 Å². The Morgan fingerprint density at radius 2 is 1.56 bits per heavy atom. The highest BCUT2D eigenvalue weighted by atomic mass is 32.2. The number of nitrogens with zero attached hydrogens (tertiary/aromatic N) is 1. The number of aliphatic hydroxyl groups is 4. The third-order valence-corrected chi connectivity index (χ3v) is 4.04. The lowest BCUT2D eigenvalue weighted by molar-refractivity contribution is -0.0551. The Labute approximate surface area is 106 Å². The first kappa shape index (κ1) is 17.7. The van der Waals surface area contributed by atoms with E-state index in [4.69, 9.17) is 9.66 Å². The van der Waals surface area contributed by atoms with Gasteiger partial charge in [-0.25, -0.2) is 0 Å². The molecule has 0 aromatic rings. The molecule has 0 spiro atoms. The second-order valence-electron chi connectivity index (χ2n) is 4.08. The SMILES string of the molecule is CC(N(CCCO)C(CO)(CO)CO)S(=O)(=O)O. The molecule has 0 aromatic carbocycles. The van der Waals surface area contributed by atoms with Crippen LogP contribution in [0.15, 0.2) is 0 Å². The van der Waals surface area contributed by atoms with E-state index >= 15 is 0 Å². The summed E-state index contributed by atoms with van der Waals surface area (Å²) in [5, 5.41) is 35.1. The number of hydrogen-bond acceptors (Lipinski definition) is 7. The van der Waals surface area contributed by atoms with Crippen molar-refractivity contribution in [2.45, 2.75) is 24.3 Å². The molecule has 1 atom stereocenters. The maximum atomic E-state index is 11.1. The van der Waals surface area contributed by atoms with Crippen LogP contribution in [0.2, 0.25) is 0 Å². The highest BCUT2D eigenvalue weighted by Gasteiger charge is 2.41. The molecular weight excluding hydrogens is 266 g/mol. The molecule has 0 saturated heterocycles. The van der Waals surface area contributed by atoms with Crippen LogP contribution in [0.5, 0.6) is 0 Å². The zero-order valence-electron chi connectivity index (χ0n) is 10.2. The molecule has 9 heteroatoms. The molecule has 0 aromatic heterocycles.